The van der Waals surface area contributed by atoms with Crippen molar-refractivity contribution in [1.82, 2.24) is 4.90 Å². The Morgan fingerprint density at radius 2 is 1.85 bits per heavy atom. The summed E-state index contributed by atoms with van der Waals surface area (Å²) in [6.07, 6.45) is 4.54. The Morgan fingerprint density at radius 3 is 2.41 bits per heavy atom. The first-order valence-corrected chi connectivity index (χ1v) is 12.5. The monoisotopic (exact) mass is 480 g/mol. The zero-order chi connectivity index (χ0) is 24.5. The summed E-state index contributed by atoms with van der Waals surface area (Å²) in [6, 6.07) is 14.7. The molecular weight excluding hydrogens is 448 g/mol. The van der Waals surface area contributed by atoms with E-state index in [1.165, 1.54) is 7.11 Å². The zero-order valence-corrected chi connectivity index (χ0v) is 21.1. The molecule has 0 unspecified atom stereocenters. The van der Waals surface area contributed by atoms with Crippen LogP contribution < -0.4 is 0 Å². The summed E-state index contributed by atoms with van der Waals surface area (Å²) in [5, 5.41) is 0.592. The Hall–Kier alpha value is -2.66. The number of methoxy groups -OCH3 is 1. The van der Waals surface area contributed by atoms with Crippen LogP contribution in [0.15, 0.2) is 53.5 Å². The second-order valence-electron chi connectivity index (χ2n) is 9.75. The van der Waals surface area contributed by atoms with E-state index in [-0.39, 0.29) is 17.9 Å². The van der Waals surface area contributed by atoms with Crippen LogP contribution in [0.25, 0.3) is 0 Å². The van der Waals surface area contributed by atoms with Gasteiger partial charge in [0.2, 0.25) is 0 Å². The van der Waals surface area contributed by atoms with Gasteiger partial charge in [0, 0.05) is 10.6 Å². The van der Waals surface area contributed by atoms with E-state index in [9.17, 15) is 9.59 Å². The molecule has 5 nitrogen and oxygen atoms in total. The number of carbonyl (C=O) groups is 2. The number of amides is 1. The van der Waals surface area contributed by atoms with Crippen molar-refractivity contribution in [2.24, 2.45) is 16.8 Å². The van der Waals surface area contributed by atoms with Gasteiger partial charge in [0.05, 0.1) is 18.7 Å². The summed E-state index contributed by atoms with van der Waals surface area (Å²) in [5.41, 5.74) is 2.20. The quantitative estimate of drug-likeness (QED) is 0.446. The molecule has 4 rings (SSSR count). The molecule has 1 spiro atoms. The smallest absolute Gasteiger partial charge is 0.337 e. The predicted octanol–water partition coefficient (Wildman–Crippen LogP) is 6.45. The van der Waals surface area contributed by atoms with Crippen molar-refractivity contribution in [3.63, 3.8) is 0 Å². The Labute approximate surface area is 207 Å². The van der Waals surface area contributed by atoms with Crippen LogP contribution in [-0.2, 0) is 9.53 Å². The maximum absolute atomic E-state index is 14.0. The number of carbonyl (C=O) groups excluding carboxylic acids is 2. The molecule has 34 heavy (non-hydrogen) atoms. The highest BCUT2D eigenvalue weighted by atomic mass is 35.5. The Balaban J connectivity index is 1.74. The topological polar surface area (TPSA) is 59.0 Å². The number of aliphatic imine (C=N–C) groups is 1. The van der Waals surface area contributed by atoms with Gasteiger partial charge in [-0.25, -0.2) is 4.79 Å². The number of halogens is 1. The largest absolute Gasteiger partial charge is 0.465 e. The van der Waals surface area contributed by atoms with Crippen molar-refractivity contribution < 1.29 is 14.3 Å². The molecule has 6 heteroatoms. The van der Waals surface area contributed by atoms with Crippen molar-refractivity contribution in [3.8, 4) is 0 Å². The molecule has 0 radical (unpaired) electrons. The molecule has 0 N–H and O–H groups in total. The van der Waals surface area contributed by atoms with Gasteiger partial charge < -0.3 is 9.64 Å². The summed E-state index contributed by atoms with van der Waals surface area (Å²) >= 11 is 6.26. The second kappa shape index (κ2) is 9.91. The van der Waals surface area contributed by atoms with E-state index in [0.29, 0.717) is 28.1 Å². The van der Waals surface area contributed by atoms with E-state index in [1.54, 1.807) is 12.1 Å². The molecule has 180 valence electrons. The lowest BCUT2D eigenvalue weighted by Crippen LogP contribution is -2.51. The number of benzene rings is 2. The molecular formula is C28H33ClN2O3. The molecule has 0 aromatic heterocycles. The minimum absolute atomic E-state index is 0.0471. The summed E-state index contributed by atoms with van der Waals surface area (Å²) in [6.45, 7) is 6.65. The molecule has 0 bridgehead atoms. The Kier molecular flexibility index (Phi) is 7.13. The van der Waals surface area contributed by atoms with Crippen LogP contribution in [0.3, 0.4) is 0 Å². The summed E-state index contributed by atoms with van der Waals surface area (Å²) in [4.78, 5) is 33.1. The summed E-state index contributed by atoms with van der Waals surface area (Å²) < 4.78 is 4.84. The van der Waals surface area contributed by atoms with E-state index in [0.717, 1.165) is 43.2 Å². The van der Waals surface area contributed by atoms with Crippen molar-refractivity contribution in [1.29, 1.82) is 0 Å². The van der Waals surface area contributed by atoms with Gasteiger partial charge in [-0.3, -0.25) is 9.79 Å². The first-order valence-electron chi connectivity index (χ1n) is 12.2. The maximum atomic E-state index is 14.0. The van der Waals surface area contributed by atoms with Crippen molar-refractivity contribution in [3.05, 3.63) is 70.2 Å². The lowest BCUT2D eigenvalue weighted by atomic mass is 9.76. The highest BCUT2D eigenvalue weighted by molar-refractivity contribution is 6.47. The molecule has 1 aliphatic heterocycles. The first-order chi connectivity index (χ1) is 16.3. The van der Waals surface area contributed by atoms with Crippen LogP contribution >= 0.6 is 11.6 Å². The molecule has 1 heterocycles. The molecule has 1 atom stereocenters. The molecule has 2 aromatic rings. The van der Waals surface area contributed by atoms with Gasteiger partial charge in [0.15, 0.2) is 0 Å². The Morgan fingerprint density at radius 1 is 1.18 bits per heavy atom. The summed E-state index contributed by atoms with van der Waals surface area (Å²) in [5.74, 6) is 0.848. The van der Waals surface area contributed by atoms with Gasteiger partial charge in [-0.05, 0) is 73.8 Å². The SMILES string of the molecule is CC[C@H](c1ccc(C(=O)OC)cc1)N1C(=O)C(c2cccc(Cl)c2)=NC12CCC(C(C)C)CC2. The first kappa shape index (κ1) is 24.5. The van der Waals surface area contributed by atoms with Gasteiger partial charge in [0.1, 0.15) is 11.4 Å². The van der Waals surface area contributed by atoms with E-state index < -0.39 is 5.66 Å². The van der Waals surface area contributed by atoms with Crippen LogP contribution in [0.2, 0.25) is 5.02 Å². The van der Waals surface area contributed by atoms with Gasteiger partial charge in [-0.15, -0.1) is 0 Å². The van der Waals surface area contributed by atoms with E-state index in [1.807, 2.05) is 41.3 Å². The van der Waals surface area contributed by atoms with Crippen LogP contribution in [0, 0.1) is 11.8 Å². The fourth-order valence-electron chi connectivity index (χ4n) is 5.52. The highest BCUT2D eigenvalue weighted by Gasteiger charge is 2.51. The standard InChI is InChI=1S/C28H33ClN2O3/c1-5-24(20-9-11-21(12-10-20)27(33)34-4)31-26(32)25(22-7-6-8-23(29)17-22)30-28(31)15-13-19(14-16-28)18(2)3/h6-12,17-19,24H,5,13-16H2,1-4H3/t19?,24-,28?/m1/s1. The number of esters is 1. The highest BCUT2D eigenvalue weighted by Crippen LogP contribution is 2.47. The average Bonchev–Trinajstić information content (AvgIpc) is 3.11. The molecule has 1 saturated carbocycles. The molecule has 0 saturated heterocycles. The lowest BCUT2D eigenvalue weighted by molar-refractivity contribution is -0.133. The fourth-order valence-corrected chi connectivity index (χ4v) is 5.71. The lowest BCUT2D eigenvalue weighted by Gasteiger charge is -2.46. The number of hydrogen-bond donors (Lipinski definition) is 0. The van der Waals surface area contributed by atoms with Crippen LogP contribution in [0.1, 0.15) is 80.4 Å². The minimum atomic E-state index is -0.554. The van der Waals surface area contributed by atoms with Crippen molar-refractivity contribution >= 4 is 29.2 Å². The molecule has 1 amide bonds. The normalized spacial score (nSPS) is 23.4. The Bertz CT molecular complexity index is 1090. The van der Waals surface area contributed by atoms with Crippen molar-refractivity contribution in [2.45, 2.75) is 64.6 Å². The average molecular weight is 481 g/mol. The zero-order valence-electron chi connectivity index (χ0n) is 20.4. The molecule has 1 aliphatic carbocycles. The van der Waals surface area contributed by atoms with E-state index in [4.69, 9.17) is 21.3 Å². The second-order valence-corrected chi connectivity index (χ2v) is 10.2. The van der Waals surface area contributed by atoms with Crippen LogP contribution in [0.4, 0.5) is 0 Å². The van der Waals surface area contributed by atoms with E-state index >= 15 is 0 Å². The third kappa shape index (κ3) is 4.50. The maximum Gasteiger partial charge on any atom is 0.337 e. The van der Waals surface area contributed by atoms with Gasteiger partial charge in [-0.1, -0.05) is 56.6 Å². The third-order valence-corrected chi connectivity index (χ3v) is 7.71. The number of rotatable bonds is 6. The van der Waals surface area contributed by atoms with Crippen LogP contribution in [-0.4, -0.2) is 35.3 Å². The molecule has 2 aromatic carbocycles. The summed E-state index contributed by atoms with van der Waals surface area (Å²) in [7, 11) is 1.37. The number of hydrogen-bond acceptors (Lipinski definition) is 4. The van der Waals surface area contributed by atoms with Crippen molar-refractivity contribution in [2.75, 3.05) is 7.11 Å². The van der Waals surface area contributed by atoms with Gasteiger partial charge in [-0.2, -0.15) is 0 Å². The number of nitrogens with zero attached hydrogens (tertiary/aromatic N) is 2. The minimum Gasteiger partial charge on any atom is -0.465 e. The fraction of sp³-hybridized carbons (Fsp3) is 0.464. The molecule has 1 fully saturated rings. The molecule has 2 aliphatic rings. The van der Waals surface area contributed by atoms with Gasteiger partial charge >= 0.3 is 5.97 Å². The predicted molar refractivity (Wildman–Crippen MR) is 135 cm³/mol. The number of ether oxygens (including phenoxy) is 1. The van der Waals surface area contributed by atoms with E-state index in [2.05, 4.69) is 20.8 Å². The third-order valence-electron chi connectivity index (χ3n) is 7.48. The van der Waals surface area contributed by atoms with Gasteiger partial charge in [0.25, 0.3) is 5.91 Å². The van der Waals surface area contributed by atoms with Crippen LogP contribution in [0.5, 0.6) is 0 Å².